The van der Waals surface area contributed by atoms with E-state index < -0.39 is 17.6 Å². The van der Waals surface area contributed by atoms with Crippen LogP contribution in [0.2, 0.25) is 0 Å². The first-order valence-corrected chi connectivity index (χ1v) is 8.73. The van der Waals surface area contributed by atoms with Gasteiger partial charge in [0.2, 0.25) is 0 Å². The Balaban J connectivity index is 1.40. The third-order valence-electron chi connectivity index (χ3n) is 4.86. The van der Waals surface area contributed by atoms with Crippen LogP contribution < -0.4 is 4.90 Å². The zero-order valence-electron chi connectivity index (χ0n) is 15.1. The zero-order valence-corrected chi connectivity index (χ0v) is 15.1. The van der Waals surface area contributed by atoms with Gasteiger partial charge < -0.3 is 4.90 Å². The number of benzene rings is 2. The average molecular weight is 399 g/mol. The van der Waals surface area contributed by atoms with Gasteiger partial charge in [0.25, 0.3) is 0 Å². The fraction of sp³-hybridized carbons (Fsp3) is 0.150. The summed E-state index contributed by atoms with van der Waals surface area (Å²) in [6.45, 7) is 0.129. The van der Waals surface area contributed by atoms with Gasteiger partial charge in [0, 0.05) is 25.4 Å². The van der Waals surface area contributed by atoms with Gasteiger partial charge in [0.1, 0.15) is 11.6 Å². The normalized spacial score (nSPS) is 12.4. The van der Waals surface area contributed by atoms with Gasteiger partial charge in [-0.1, -0.05) is 12.1 Å². The highest BCUT2D eigenvalue weighted by Gasteiger charge is 2.34. The second kappa shape index (κ2) is 6.00. The largest absolute Gasteiger partial charge is 0.419 e. The van der Waals surface area contributed by atoms with Gasteiger partial charge in [0.05, 0.1) is 22.8 Å². The molecule has 0 bridgehead atoms. The first-order chi connectivity index (χ1) is 13.8. The van der Waals surface area contributed by atoms with Gasteiger partial charge in [-0.05, 0) is 35.4 Å². The van der Waals surface area contributed by atoms with E-state index in [1.54, 1.807) is 22.8 Å². The Bertz CT molecular complexity index is 1260. The molecule has 0 N–H and O–H groups in total. The van der Waals surface area contributed by atoms with Crippen LogP contribution in [0.25, 0.3) is 28.0 Å². The van der Waals surface area contributed by atoms with Crippen molar-refractivity contribution >= 4 is 16.9 Å². The number of halogens is 4. The van der Waals surface area contributed by atoms with Gasteiger partial charge in [-0.3, -0.25) is 4.98 Å². The number of aromatic nitrogens is 4. The molecule has 3 aromatic rings. The molecule has 0 radical (unpaired) electrons. The van der Waals surface area contributed by atoms with Crippen molar-refractivity contribution in [2.45, 2.75) is 12.7 Å². The minimum Gasteiger partial charge on any atom is -0.354 e. The Morgan fingerprint density at radius 2 is 1.90 bits per heavy atom. The number of fused-ring (bicyclic) bond motifs is 2. The van der Waals surface area contributed by atoms with Crippen LogP contribution in [-0.4, -0.2) is 26.8 Å². The van der Waals surface area contributed by atoms with Crippen LogP contribution >= 0.6 is 0 Å². The molecule has 0 saturated heterocycles. The van der Waals surface area contributed by atoms with Crippen LogP contribution in [0.4, 0.5) is 23.4 Å². The summed E-state index contributed by atoms with van der Waals surface area (Å²) in [5.41, 5.74) is 2.50. The predicted octanol–water partition coefficient (Wildman–Crippen LogP) is 4.59. The first kappa shape index (κ1) is 17.6. The highest BCUT2D eigenvalue weighted by molar-refractivity contribution is 5.85. The third-order valence-corrected chi connectivity index (χ3v) is 4.86. The molecular weight excluding hydrogens is 386 g/mol. The number of rotatable bonds is 4. The Labute approximate surface area is 162 Å². The van der Waals surface area contributed by atoms with Crippen LogP contribution in [0.3, 0.4) is 0 Å². The Morgan fingerprint density at radius 1 is 1.07 bits per heavy atom. The fourth-order valence-corrected chi connectivity index (χ4v) is 3.26. The predicted molar refractivity (Wildman–Crippen MR) is 99.2 cm³/mol. The third kappa shape index (κ3) is 3.08. The minimum absolute atomic E-state index is 0.129. The summed E-state index contributed by atoms with van der Waals surface area (Å²) in [4.78, 5) is 10.6. The molecular formula is C20H13F4N5. The Kier molecular flexibility index (Phi) is 3.64. The molecule has 0 amide bonds. The van der Waals surface area contributed by atoms with Gasteiger partial charge in [-0.15, -0.1) is 5.10 Å². The molecule has 2 aliphatic heterocycles. The molecule has 0 saturated carbocycles. The number of alkyl halides is 3. The van der Waals surface area contributed by atoms with Crippen molar-refractivity contribution in [1.29, 1.82) is 0 Å². The molecule has 29 heavy (non-hydrogen) atoms. The van der Waals surface area contributed by atoms with Crippen molar-refractivity contribution < 1.29 is 17.6 Å². The van der Waals surface area contributed by atoms with Crippen LogP contribution in [0.15, 0.2) is 48.8 Å². The lowest BCUT2D eigenvalue weighted by Gasteiger charge is -2.19. The summed E-state index contributed by atoms with van der Waals surface area (Å²) >= 11 is 0. The summed E-state index contributed by atoms with van der Waals surface area (Å²) in [7, 11) is 1.69. The molecule has 1 aromatic heterocycles. The van der Waals surface area contributed by atoms with Crippen LogP contribution in [0, 0.1) is 5.82 Å². The van der Waals surface area contributed by atoms with E-state index in [0.717, 1.165) is 29.1 Å². The average Bonchev–Trinajstić information content (AvgIpc) is 3.31. The standard InChI is InChI=1S/C20H13F4N5/c1-28(9-11-2-4-15(21)14(6-11)20(22,23)24)18-8-25-17-7-12(3-5-16(17)26-18)13-10-29-19(13)27-29/h2-8,10H,9H2,1H3. The molecule has 5 rings (SSSR count). The molecule has 0 spiro atoms. The smallest absolute Gasteiger partial charge is 0.354 e. The maximum atomic E-state index is 13.5. The summed E-state index contributed by atoms with van der Waals surface area (Å²) < 4.78 is 54.0. The van der Waals surface area contributed by atoms with E-state index in [-0.39, 0.29) is 6.54 Å². The van der Waals surface area contributed by atoms with Crippen molar-refractivity contribution in [3.8, 4) is 16.9 Å². The highest BCUT2D eigenvalue weighted by atomic mass is 19.4. The van der Waals surface area contributed by atoms with Gasteiger partial charge in [0.15, 0.2) is 5.82 Å². The van der Waals surface area contributed by atoms with Crippen LogP contribution in [-0.2, 0) is 12.7 Å². The highest BCUT2D eigenvalue weighted by Crippen LogP contribution is 2.36. The van der Waals surface area contributed by atoms with E-state index in [0.29, 0.717) is 22.4 Å². The minimum atomic E-state index is -4.74. The zero-order chi connectivity index (χ0) is 20.3. The second-order valence-electron chi connectivity index (χ2n) is 6.91. The molecule has 2 aromatic carbocycles. The summed E-state index contributed by atoms with van der Waals surface area (Å²) in [5, 5.41) is 4.13. The maximum Gasteiger partial charge on any atom is 0.419 e. The van der Waals surface area contributed by atoms with Gasteiger partial charge in [-0.25, -0.2) is 14.1 Å². The molecule has 0 aliphatic carbocycles. The summed E-state index contributed by atoms with van der Waals surface area (Å²) in [5.74, 6) is 0.182. The molecule has 5 nitrogen and oxygen atoms in total. The quantitative estimate of drug-likeness (QED) is 0.415. The topological polar surface area (TPSA) is 46.8 Å². The second-order valence-corrected chi connectivity index (χ2v) is 6.91. The van der Waals surface area contributed by atoms with E-state index in [2.05, 4.69) is 15.1 Å². The SMILES string of the molecule is CN(Cc1ccc(F)c(C(F)(F)F)c1)c1cnc2cc(-c3cn4nc3-4)ccc2n1. The first-order valence-electron chi connectivity index (χ1n) is 8.73. The van der Waals surface area contributed by atoms with Crippen molar-refractivity contribution in [1.82, 2.24) is 19.7 Å². The van der Waals surface area contributed by atoms with Crippen LogP contribution in [0.1, 0.15) is 11.1 Å². The lowest BCUT2D eigenvalue weighted by molar-refractivity contribution is -0.140. The Hall–Kier alpha value is -3.49. The molecule has 2 aliphatic rings. The molecule has 0 fully saturated rings. The molecule has 3 heterocycles. The molecule has 0 unspecified atom stereocenters. The lowest BCUT2D eigenvalue weighted by Crippen LogP contribution is -2.19. The number of anilines is 1. The monoisotopic (exact) mass is 399 g/mol. The van der Waals surface area contributed by atoms with E-state index in [1.165, 1.54) is 6.07 Å². The number of hydrogen-bond acceptors (Lipinski definition) is 4. The van der Waals surface area contributed by atoms with Crippen molar-refractivity contribution in [2.75, 3.05) is 11.9 Å². The van der Waals surface area contributed by atoms with E-state index >= 15 is 0 Å². The molecule has 9 heteroatoms. The summed E-state index contributed by atoms with van der Waals surface area (Å²) in [6, 6.07) is 8.69. The maximum absolute atomic E-state index is 13.5. The lowest BCUT2D eigenvalue weighted by atomic mass is 10.1. The summed E-state index contributed by atoms with van der Waals surface area (Å²) in [6.07, 6.45) is -1.24. The Morgan fingerprint density at radius 3 is 2.59 bits per heavy atom. The van der Waals surface area contributed by atoms with E-state index in [9.17, 15) is 17.6 Å². The number of hydrogen-bond donors (Lipinski definition) is 0. The fourth-order valence-electron chi connectivity index (χ4n) is 3.26. The van der Waals surface area contributed by atoms with E-state index in [4.69, 9.17) is 0 Å². The van der Waals surface area contributed by atoms with Crippen molar-refractivity contribution in [3.05, 3.63) is 65.7 Å². The van der Waals surface area contributed by atoms with E-state index in [1.807, 2.05) is 24.4 Å². The van der Waals surface area contributed by atoms with Crippen molar-refractivity contribution in [2.24, 2.45) is 0 Å². The van der Waals surface area contributed by atoms with Crippen LogP contribution in [0.5, 0.6) is 0 Å². The van der Waals surface area contributed by atoms with Crippen molar-refractivity contribution in [3.63, 3.8) is 0 Å². The number of nitrogens with zero attached hydrogens (tertiary/aromatic N) is 5. The van der Waals surface area contributed by atoms with Gasteiger partial charge in [-0.2, -0.15) is 13.2 Å². The van der Waals surface area contributed by atoms with Gasteiger partial charge >= 0.3 is 6.18 Å². The molecule has 0 atom stereocenters. The molecule has 146 valence electrons.